The van der Waals surface area contributed by atoms with Crippen LogP contribution in [-0.4, -0.2) is 45.6 Å². The van der Waals surface area contributed by atoms with Crippen molar-refractivity contribution in [1.82, 2.24) is 14.8 Å². The number of ether oxygens (including phenoxy) is 2. The first-order valence-electron chi connectivity index (χ1n) is 9.40. The number of carbonyl (C=O) groups is 1. The number of allylic oxidation sites excluding steroid dienone is 1. The molecule has 1 N–H and O–H groups in total. The lowest BCUT2D eigenvalue weighted by atomic mass is 10.2. The lowest BCUT2D eigenvalue weighted by Crippen LogP contribution is -2.15. The summed E-state index contributed by atoms with van der Waals surface area (Å²) < 4.78 is 12.0. The van der Waals surface area contributed by atoms with Crippen molar-refractivity contribution in [2.45, 2.75) is 11.7 Å². The summed E-state index contributed by atoms with van der Waals surface area (Å²) in [5, 5.41) is 22.8. The Hall–Kier alpha value is -3.86. The highest BCUT2D eigenvalue weighted by Crippen LogP contribution is 2.30. The Labute approximate surface area is 188 Å². The monoisotopic (exact) mass is 455 g/mol. The topological polar surface area (TPSA) is 121 Å². The number of aromatic nitrogens is 3. The number of benzene rings is 2. The number of nitrogens with one attached hydrogen (secondary N) is 1. The zero-order chi connectivity index (χ0) is 23.1. The van der Waals surface area contributed by atoms with Gasteiger partial charge < -0.3 is 14.8 Å². The van der Waals surface area contributed by atoms with Crippen molar-refractivity contribution < 1.29 is 19.2 Å². The average molecular weight is 455 g/mol. The molecule has 1 heterocycles. The van der Waals surface area contributed by atoms with Crippen LogP contribution in [0.2, 0.25) is 0 Å². The lowest BCUT2D eigenvalue weighted by molar-refractivity contribution is -0.384. The number of thioether (sulfide) groups is 1. The number of carbonyl (C=O) groups excluding carboxylic acids is 1. The Kier molecular flexibility index (Phi) is 7.45. The zero-order valence-electron chi connectivity index (χ0n) is 17.5. The summed E-state index contributed by atoms with van der Waals surface area (Å²) in [6.07, 6.45) is 1.71. The number of anilines is 1. The maximum absolute atomic E-state index is 12.5. The van der Waals surface area contributed by atoms with E-state index < -0.39 is 10.8 Å². The summed E-state index contributed by atoms with van der Waals surface area (Å²) in [4.78, 5) is 23.2. The number of hydrogen-bond donors (Lipinski definition) is 1. The van der Waals surface area contributed by atoms with Gasteiger partial charge in [0.1, 0.15) is 17.2 Å². The zero-order valence-corrected chi connectivity index (χ0v) is 18.3. The first-order chi connectivity index (χ1) is 15.5. The fraction of sp³-hybridized carbons (Fsp3) is 0.190. The molecule has 10 nitrogen and oxygen atoms in total. The molecule has 0 atom stereocenters. The molecule has 3 aromatic rings. The van der Waals surface area contributed by atoms with E-state index in [-0.39, 0.29) is 17.1 Å². The third kappa shape index (κ3) is 5.24. The predicted molar refractivity (Wildman–Crippen MR) is 121 cm³/mol. The minimum atomic E-state index is -0.576. The van der Waals surface area contributed by atoms with Crippen LogP contribution in [0.4, 0.5) is 11.4 Å². The number of nitro benzene ring substituents is 1. The van der Waals surface area contributed by atoms with Crippen molar-refractivity contribution in [3.05, 3.63) is 65.2 Å². The summed E-state index contributed by atoms with van der Waals surface area (Å²) >= 11 is 1.17. The number of nitro groups is 1. The lowest BCUT2D eigenvalue weighted by Gasteiger charge is -2.09. The molecular formula is C21H21N5O5S. The molecule has 1 amide bonds. The smallest absolute Gasteiger partial charge is 0.296 e. The standard InChI is InChI=1S/C21H21N5O5S/c1-4-11-25-20(14-5-7-15(30-2)8-6-14)23-24-21(25)32-13-19(27)22-17-10-9-16(31-3)12-18(17)26(28)29/h4-10,12H,1,11,13H2,2-3H3,(H,22,27). The number of methoxy groups -OCH3 is 2. The van der Waals surface area contributed by atoms with Crippen molar-refractivity contribution in [1.29, 1.82) is 0 Å². The summed E-state index contributed by atoms with van der Waals surface area (Å²) in [5.74, 6) is 1.25. The van der Waals surface area contributed by atoms with Gasteiger partial charge in [0.2, 0.25) is 5.91 Å². The highest BCUT2D eigenvalue weighted by molar-refractivity contribution is 7.99. The summed E-state index contributed by atoms with van der Waals surface area (Å²) in [5.41, 5.74) is 0.678. The first kappa shape index (κ1) is 22.8. The van der Waals surface area contributed by atoms with Crippen LogP contribution in [0.15, 0.2) is 60.3 Å². The molecule has 0 radical (unpaired) electrons. The summed E-state index contributed by atoms with van der Waals surface area (Å²) in [7, 11) is 3.00. The summed E-state index contributed by atoms with van der Waals surface area (Å²) in [6.45, 7) is 4.22. The van der Waals surface area contributed by atoms with E-state index in [4.69, 9.17) is 9.47 Å². The molecule has 3 rings (SSSR count). The molecule has 32 heavy (non-hydrogen) atoms. The Balaban J connectivity index is 1.74. The van der Waals surface area contributed by atoms with Gasteiger partial charge in [-0.05, 0) is 36.4 Å². The number of rotatable bonds is 10. The van der Waals surface area contributed by atoms with Crippen LogP contribution in [-0.2, 0) is 11.3 Å². The van der Waals surface area contributed by atoms with Crippen LogP contribution in [0.1, 0.15) is 0 Å². The maximum atomic E-state index is 12.5. The minimum Gasteiger partial charge on any atom is -0.497 e. The average Bonchev–Trinajstić information content (AvgIpc) is 3.20. The molecule has 0 saturated heterocycles. The second-order valence-electron chi connectivity index (χ2n) is 6.41. The van der Waals surface area contributed by atoms with Gasteiger partial charge in [-0.1, -0.05) is 17.8 Å². The molecule has 0 bridgehead atoms. The maximum Gasteiger partial charge on any atom is 0.296 e. The van der Waals surface area contributed by atoms with Crippen LogP contribution in [0.3, 0.4) is 0 Å². The Bertz CT molecular complexity index is 1130. The van der Waals surface area contributed by atoms with Gasteiger partial charge in [0.15, 0.2) is 11.0 Å². The predicted octanol–water partition coefficient (Wildman–Crippen LogP) is 3.79. The van der Waals surface area contributed by atoms with E-state index >= 15 is 0 Å². The van der Waals surface area contributed by atoms with E-state index in [9.17, 15) is 14.9 Å². The number of amides is 1. The van der Waals surface area contributed by atoms with Crippen LogP contribution < -0.4 is 14.8 Å². The molecule has 0 aliphatic heterocycles. The van der Waals surface area contributed by atoms with Crippen LogP contribution >= 0.6 is 11.8 Å². The normalized spacial score (nSPS) is 10.4. The van der Waals surface area contributed by atoms with Crippen molar-refractivity contribution >= 4 is 29.0 Å². The van der Waals surface area contributed by atoms with Crippen molar-refractivity contribution in [2.24, 2.45) is 0 Å². The molecule has 2 aromatic carbocycles. The second kappa shape index (κ2) is 10.4. The molecule has 11 heteroatoms. The van der Waals surface area contributed by atoms with E-state index in [1.807, 2.05) is 28.8 Å². The van der Waals surface area contributed by atoms with E-state index in [1.54, 1.807) is 13.2 Å². The molecule has 0 spiro atoms. The van der Waals surface area contributed by atoms with E-state index in [2.05, 4.69) is 22.1 Å². The third-order valence-corrected chi connectivity index (χ3v) is 5.35. The van der Waals surface area contributed by atoms with E-state index in [0.29, 0.717) is 23.3 Å². The molecule has 166 valence electrons. The van der Waals surface area contributed by atoms with Gasteiger partial charge in [0.25, 0.3) is 5.69 Å². The van der Waals surface area contributed by atoms with Gasteiger partial charge in [0, 0.05) is 12.1 Å². The molecule has 0 fully saturated rings. The van der Waals surface area contributed by atoms with Gasteiger partial charge in [-0.15, -0.1) is 16.8 Å². The van der Waals surface area contributed by atoms with Crippen LogP contribution in [0, 0.1) is 10.1 Å². The Morgan fingerprint density at radius 3 is 2.50 bits per heavy atom. The Morgan fingerprint density at radius 1 is 1.19 bits per heavy atom. The van der Waals surface area contributed by atoms with Gasteiger partial charge >= 0.3 is 0 Å². The van der Waals surface area contributed by atoms with Crippen molar-refractivity contribution in [2.75, 3.05) is 25.3 Å². The third-order valence-electron chi connectivity index (χ3n) is 4.38. The molecule has 0 aliphatic carbocycles. The minimum absolute atomic E-state index is 0.0128. The number of hydrogen-bond acceptors (Lipinski definition) is 8. The fourth-order valence-corrected chi connectivity index (χ4v) is 3.60. The van der Waals surface area contributed by atoms with Crippen molar-refractivity contribution in [3.8, 4) is 22.9 Å². The fourth-order valence-electron chi connectivity index (χ4n) is 2.85. The van der Waals surface area contributed by atoms with Gasteiger partial charge in [-0.2, -0.15) is 0 Å². The van der Waals surface area contributed by atoms with Crippen LogP contribution in [0.5, 0.6) is 11.5 Å². The largest absolute Gasteiger partial charge is 0.497 e. The molecule has 0 aliphatic rings. The van der Waals surface area contributed by atoms with Crippen LogP contribution in [0.25, 0.3) is 11.4 Å². The molecular weight excluding hydrogens is 434 g/mol. The first-order valence-corrected chi connectivity index (χ1v) is 10.4. The molecule has 0 saturated carbocycles. The number of nitrogens with zero attached hydrogens (tertiary/aromatic N) is 4. The highest BCUT2D eigenvalue weighted by atomic mass is 32.2. The molecule has 0 unspecified atom stereocenters. The SMILES string of the molecule is C=CCn1c(SCC(=O)Nc2ccc(OC)cc2[N+](=O)[O-])nnc1-c1ccc(OC)cc1. The van der Waals surface area contributed by atoms with E-state index in [1.165, 1.54) is 37.1 Å². The Morgan fingerprint density at radius 2 is 1.88 bits per heavy atom. The van der Waals surface area contributed by atoms with Crippen molar-refractivity contribution in [3.63, 3.8) is 0 Å². The molecule has 1 aromatic heterocycles. The quantitative estimate of drug-likeness (QED) is 0.212. The summed E-state index contributed by atoms with van der Waals surface area (Å²) in [6, 6.07) is 11.6. The highest BCUT2D eigenvalue weighted by Gasteiger charge is 2.19. The second-order valence-corrected chi connectivity index (χ2v) is 7.35. The van der Waals surface area contributed by atoms with Gasteiger partial charge in [-0.3, -0.25) is 19.5 Å². The van der Waals surface area contributed by atoms with Gasteiger partial charge in [0.05, 0.1) is 31.0 Å². The van der Waals surface area contributed by atoms with E-state index in [0.717, 1.165) is 11.3 Å². The van der Waals surface area contributed by atoms with Gasteiger partial charge in [-0.25, -0.2) is 0 Å².